The average molecular weight is 371 g/mol. The summed E-state index contributed by atoms with van der Waals surface area (Å²) in [5, 5.41) is 12.1. The van der Waals surface area contributed by atoms with E-state index in [1.165, 1.54) is 5.56 Å². The lowest BCUT2D eigenvalue weighted by Gasteiger charge is -2.11. The number of rotatable bonds is 4. The Morgan fingerprint density at radius 2 is 1.84 bits per heavy atom. The molecule has 0 saturated carbocycles. The van der Waals surface area contributed by atoms with Crippen LogP contribution in [0.5, 0.6) is 0 Å². The van der Waals surface area contributed by atoms with E-state index in [9.17, 15) is 0 Å². The van der Waals surface area contributed by atoms with Crippen molar-refractivity contribution in [2.24, 2.45) is 0 Å². The number of aryl methyl sites for hydroxylation is 2. The second-order valence-corrected chi connectivity index (χ2v) is 6.77. The Morgan fingerprint density at radius 1 is 1.08 bits per heavy atom. The topological polar surface area (TPSA) is 41.9 Å². The molecule has 4 nitrogen and oxygen atoms in total. The summed E-state index contributed by atoms with van der Waals surface area (Å²) in [6.07, 6.45) is 1.91. The summed E-state index contributed by atoms with van der Waals surface area (Å²) in [6, 6.07) is 15.8. The molecule has 0 fully saturated rings. The minimum absolute atomic E-state index is 0.517. The van der Waals surface area contributed by atoms with Crippen molar-refractivity contribution in [3.8, 4) is 0 Å². The molecule has 0 unspecified atom stereocenters. The molecule has 0 aliphatic carbocycles. The van der Waals surface area contributed by atoms with Crippen LogP contribution in [0.2, 0.25) is 5.02 Å². The first-order chi connectivity index (χ1) is 12.0. The van der Waals surface area contributed by atoms with Gasteiger partial charge in [0.1, 0.15) is 0 Å². The molecule has 0 aliphatic rings. The monoisotopic (exact) mass is 370 g/mol. The van der Waals surface area contributed by atoms with Crippen LogP contribution in [0.25, 0.3) is 0 Å². The highest BCUT2D eigenvalue weighted by molar-refractivity contribution is 7.80. The van der Waals surface area contributed by atoms with E-state index in [1.54, 1.807) is 0 Å². The van der Waals surface area contributed by atoms with E-state index < -0.39 is 0 Å². The van der Waals surface area contributed by atoms with Gasteiger partial charge in [-0.3, -0.25) is 4.68 Å². The predicted octanol–water partition coefficient (Wildman–Crippen LogP) is 5.01. The number of thiocarbonyl (C=S) groups is 1. The molecule has 0 atom stereocenters. The zero-order chi connectivity index (χ0) is 17.8. The van der Waals surface area contributed by atoms with E-state index in [0.717, 1.165) is 21.8 Å². The smallest absolute Gasteiger partial charge is 0.176 e. The van der Waals surface area contributed by atoms with Crippen LogP contribution in [0.4, 0.5) is 11.5 Å². The van der Waals surface area contributed by atoms with Crippen LogP contribution in [0.15, 0.2) is 54.7 Å². The van der Waals surface area contributed by atoms with E-state index in [2.05, 4.69) is 41.7 Å². The van der Waals surface area contributed by atoms with Crippen LogP contribution in [-0.2, 0) is 6.54 Å². The highest BCUT2D eigenvalue weighted by Crippen LogP contribution is 2.16. The number of halogens is 1. The van der Waals surface area contributed by atoms with Gasteiger partial charge in [-0.2, -0.15) is 5.10 Å². The lowest BCUT2D eigenvalue weighted by atomic mass is 10.1. The molecule has 2 N–H and O–H groups in total. The van der Waals surface area contributed by atoms with E-state index in [4.69, 9.17) is 23.8 Å². The Labute approximate surface area is 157 Å². The first-order valence-corrected chi connectivity index (χ1v) is 8.71. The third-order valence-corrected chi connectivity index (χ3v) is 4.23. The molecule has 1 heterocycles. The normalized spacial score (nSPS) is 10.5. The van der Waals surface area contributed by atoms with Crippen molar-refractivity contribution in [2.45, 2.75) is 20.4 Å². The molecule has 25 heavy (non-hydrogen) atoms. The number of nitrogens with zero attached hydrogens (tertiary/aromatic N) is 2. The van der Waals surface area contributed by atoms with Gasteiger partial charge in [-0.25, -0.2) is 0 Å². The molecular weight excluding hydrogens is 352 g/mol. The van der Waals surface area contributed by atoms with Crippen LogP contribution >= 0.6 is 23.8 Å². The highest BCUT2D eigenvalue weighted by Gasteiger charge is 2.05. The Morgan fingerprint density at radius 3 is 2.56 bits per heavy atom. The number of hydrogen-bond acceptors (Lipinski definition) is 2. The van der Waals surface area contributed by atoms with Gasteiger partial charge in [0.2, 0.25) is 0 Å². The lowest BCUT2D eigenvalue weighted by molar-refractivity contribution is 0.690. The highest BCUT2D eigenvalue weighted by atomic mass is 35.5. The number of hydrogen-bond donors (Lipinski definition) is 2. The van der Waals surface area contributed by atoms with Crippen LogP contribution in [0, 0.1) is 13.8 Å². The zero-order valence-electron chi connectivity index (χ0n) is 14.1. The molecule has 0 spiro atoms. The Hall–Kier alpha value is -2.37. The standard InChI is InChI=1S/C19H19ClN4S/c1-13-3-8-17(14(2)11-13)21-19(25)22-18-9-10-24(23-18)12-15-4-6-16(20)7-5-15/h3-11H,12H2,1-2H3,(H2,21,22,23,25). The number of anilines is 2. The van der Waals surface area contributed by atoms with Gasteiger partial charge >= 0.3 is 0 Å². The first-order valence-electron chi connectivity index (χ1n) is 7.93. The van der Waals surface area contributed by atoms with Crippen molar-refractivity contribution in [2.75, 3.05) is 10.6 Å². The molecule has 0 amide bonds. The Balaban J connectivity index is 1.60. The van der Waals surface area contributed by atoms with Crippen molar-refractivity contribution in [1.82, 2.24) is 9.78 Å². The minimum Gasteiger partial charge on any atom is -0.332 e. The van der Waals surface area contributed by atoms with Gasteiger partial charge in [-0.15, -0.1) is 0 Å². The summed E-state index contributed by atoms with van der Waals surface area (Å²) in [6.45, 7) is 4.80. The maximum atomic E-state index is 5.91. The summed E-state index contributed by atoms with van der Waals surface area (Å²) >= 11 is 11.3. The fourth-order valence-electron chi connectivity index (χ4n) is 2.52. The van der Waals surface area contributed by atoms with Crippen LogP contribution in [-0.4, -0.2) is 14.9 Å². The summed E-state index contributed by atoms with van der Waals surface area (Å²) in [4.78, 5) is 0. The van der Waals surface area contributed by atoms with Crippen LogP contribution < -0.4 is 10.6 Å². The van der Waals surface area contributed by atoms with Gasteiger partial charge < -0.3 is 10.6 Å². The fourth-order valence-corrected chi connectivity index (χ4v) is 2.86. The Kier molecular flexibility index (Phi) is 5.36. The number of aromatic nitrogens is 2. The molecular formula is C19H19ClN4S. The average Bonchev–Trinajstić information content (AvgIpc) is 2.99. The quantitative estimate of drug-likeness (QED) is 0.633. The van der Waals surface area contributed by atoms with Gasteiger partial charge in [-0.1, -0.05) is 41.4 Å². The molecule has 0 saturated heterocycles. The zero-order valence-corrected chi connectivity index (χ0v) is 15.7. The van der Waals surface area contributed by atoms with Gasteiger partial charge in [-0.05, 0) is 55.4 Å². The maximum absolute atomic E-state index is 5.91. The summed E-state index contributed by atoms with van der Waals surface area (Å²) in [5.41, 5.74) is 4.50. The van der Waals surface area contributed by atoms with E-state index in [1.807, 2.05) is 47.3 Å². The van der Waals surface area contributed by atoms with Crippen molar-refractivity contribution < 1.29 is 0 Å². The number of nitrogens with one attached hydrogen (secondary N) is 2. The molecule has 0 bridgehead atoms. The fraction of sp³-hybridized carbons (Fsp3) is 0.158. The molecule has 0 aliphatic heterocycles. The molecule has 2 aromatic carbocycles. The second-order valence-electron chi connectivity index (χ2n) is 5.92. The summed E-state index contributed by atoms with van der Waals surface area (Å²) in [7, 11) is 0. The SMILES string of the molecule is Cc1ccc(NC(=S)Nc2ccn(Cc3ccc(Cl)cc3)n2)c(C)c1. The van der Waals surface area contributed by atoms with Crippen molar-refractivity contribution >= 4 is 40.4 Å². The van der Waals surface area contributed by atoms with Gasteiger partial charge in [0.05, 0.1) is 6.54 Å². The third-order valence-electron chi connectivity index (χ3n) is 3.77. The van der Waals surface area contributed by atoms with E-state index >= 15 is 0 Å². The molecule has 6 heteroatoms. The largest absolute Gasteiger partial charge is 0.332 e. The van der Waals surface area contributed by atoms with Gasteiger partial charge in [0, 0.05) is 23.0 Å². The van der Waals surface area contributed by atoms with Gasteiger partial charge in [0.25, 0.3) is 0 Å². The van der Waals surface area contributed by atoms with Crippen molar-refractivity contribution in [3.63, 3.8) is 0 Å². The Bertz CT molecular complexity index is 887. The van der Waals surface area contributed by atoms with Crippen molar-refractivity contribution in [3.05, 3.63) is 76.4 Å². The van der Waals surface area contributed by atoms with Crippen LogP contribution in [0.1, 0.15) is 16.7 Å². The molecule has 128 valence electrons. The third kappa shape index (κ3) is 4.81. The predicted molar refractivity (Wildman–Crippen MR) is 109 cm³/mol. The molecule has 0 radical (unpaired) electrons. The minimum atomic E-state index is 0.517. The van der Waals surface area contributed by atoms with Crippen molar-refractivity contribution in [1.29, 1.82) is 0 Å². The van der Waals surface area contributed by atoms with E-state index in [0.29, 0.717) is 17.5 Å². The van der Waals surface area contributed by atoms with Gasteiger partial charge in [0.15, 0.2) is 10.9 Å². The number of benzene rings is 2. The summed E-state index contributed by atoms with van der Waals surface area (Å²) in [5.74, 6) is 0.705. The summed E-state index contributed by atoms with van der Waals surface area (Å²) < 4.78 is 1.85. The molecule has 3 aromatic rings. The van der Waals surface area contributed by atoms with Crippen LogP contribution in [0.3, 0.4) is 0 Å². The lowest BCUT2D eigenvalue weighted by Crippen LogP contribution is -2.20. The molecule has 3 rings (SSSR count). The van der Waals surface area contributed by atoms with E-state index in [-0.39, 0.29) is 0 Å². The first kappa shape index (κ1) is 17.5. The maximum Gasteiger partial charge on any atom is 0.176 e. The molecule has 1 aromatic heterocycles. The second kappa shape index (κ2) is 7.68.